The molecule has 2 aromatic carbocycles. The van der Waals surface area contributed by atoms with E-state index in [4.69, 9.17) is 16.7 Å². The number of carbonyl (C=O) groups is 1. The average molecular weight is 358 g/mol. The predicted molar refractivity (Wildman–Crippen MR) is 96.5 cm³/mol. The summed E-state index contributed by atoms with van der Waals surface area (Å²) >= 11 is 6.21. The number of rotatable bonds is 4. The molecule has 3 aromatic rings. The maximum Gasteiger partial charge on any atom is 0.405 e. The Morgan fingerprint density at radius 3 is 2.60 bits per heavy atom. The van der Waals surface area contributed by atoms with Crippen molar-refractivity contribution in [2.75, 3.05) is 0 Å². The quantitative estimate of drug-likeness (QED) is 0.744. The summed E-state index contributed by atoms with van der Waals surface area (Å²) in [7, 11) is 0. The molecule has 0 aliphatic carbocycles. The van der Waals surface area contributed by atoms with Crippen molar-refractivity contribution in [2.45, 2.75) is 19.4 Å². The number of halogens is 1. The van der Waals surface area contributed by atoms with Crippen LogP contribution in [0.15, 0.2) is 53.3 Å². The van der Waals surface area contributed by atoms with Gasteiger partial charge in [0.15, 0.2) is 0 Å². The second-order valence-electron chi connectivity index (χ2n) is 5.49. The number of para-hydroxylation sites is 1. The molecular formula is C18H16ClN3O3. The molecule has 6 nitrogen and oxygen atoms in total. The summed E-state index contributed by atoms with van der Waals surface area (Å²) in [6.45, 7) is 1.82. The van der Waals surface area contributed by atoms with E-state index in [2.05, 4.69) is 10.3 Å². The molecular weight excluding hydrogens is 342 g/mol. The SMILES string of the molecule is CCC(NC(=O)O)c1nc2cccc(Cl)c2c(=O)n1-c1ccccc1. The predicted octanol–water partition coefficient (Wildman–Crippen LogP) is 3.76. The average Bonchev–Trinajstić information content (AvgIpc) is 2.60. The summed E-state index contributed by atoms with van der Waals surface area (Å²) in [5.74, 6) is 0.330. The molecule has 1 atom stereocenters. The number of fused-ring (bicyclic) bond motifs is 1. The van der Waals surface area contributed by atoms with E-state index in [1.165, 1.54) is 4.57 Å². The van der Waals surface area contributed by atoms with Crippen molar-refractivity contribution in [3.63, 3.8) is 0 Å². The van der Waals surface area contributed by atoms with Crippen LogP contribution in [0.2, 0.25) is 5.02 Å². The Morgan fingerprint density at radius 1 is 1.24 bits per heavy atom. The summed E-state index contributed by atoms with van der Waals surface area (Å²) in [5, 5.41) is 12.2. The van der Waals surface area contributed by atoms with E-state index in [0.717, 1.165) is 0 Å². The molecule has 0 saturated heterocycles. The lowest BCUT2D eigenvalue weighted by atomic mass is 10.1. The van der Waals surface area contributed by atoms with Crippen molar-refractivity contribution < 1.29 is 9.90 Å². The number of carboxylic acid groups (broad SMARTS) is 1. The van der Waals surface area contributed by atoms with E-state index in [-0.39, 0.29) is 5.56 Å². The molecule has 0 fully saturated rings. The Hall–Kier alpha value is -2.86. The van der Waals surface area contributed by atoms with Gasteiger partial charge in [-0.15, -0.1) is 0 Å². The lowest BCUT2D eigenvalue weighted by Gasteiger charge is -2.20. The maximum atomic E-state index is 13.1. The molecule has 1 amide bonds. The van der Waals surface area contributed by atoms with Gasteiger partial charge in [0.05, 0.1) is 27.7 Å². The normalized spacial score (nSPS) is 12.1. The fraction of sp³-hybridized carbons (Fsp3) is 0.167. The molecule has 0 spiro atoms. The minimum absolute atomic E-state index is 0.307. The van der Waals surface area contributed by atoms with Crippen LogP contribution >= 0.6 is 11.6 Å². The molecule has 25 heavy (non-hydrogen) atoms. The number of benzene rings is 2. The van der Waals surface area contributed by atoms with Gasteiger partial charge in [0, 0.05) is 0 Å². The maximum absolute atomic E-state index is 13.1. The van der Waals surface area contributed by atoms with Crippen LogP contribution in [-0.4, -0.2) is 20.8 Å². The zero-order chi connectivity index (χ0) is 18.0. The number of aromatic nitrogens is 2. The number of nitrogens with one attached hydrogen (secondary N) is 1. The fourth-order valence-electron chi connectivity index (χ4n) is 2.77. The van der Waals surface area contributed by atoms with Crippen LogP contribution < -0.4 is 10.9 Å². The Labute approximate surface area is 148 Å². The molecule has 1 aromatic heterocycles. The van der Waals surface area contributed by atoms with Crippen LogP contribution in [0, 0.1) is 0 Å². The molecule has 1 unspecified atom stereocenters. The number of hydrogen-bond acceptors (Lipinski definition) is 3. The molecule has 0 saturated carbocycles. The molecule has 128 valence electrons. The first-order valence-electron chi connectivity index (χ1n) is 7.79. The van der Waals surface area contributed by atoms with Gasteiger partial charge in [-0.3, -0.25) is 9.36 Å². The van der Waals surface area contributed by atoms with Gasteiger partial charge >= 0.3 is 6.09 Å². The third kappa shape index (κ3) is 3.21. The largest absolute Gasteiger partial charge is 0.465 e. The van der Waals surface area contributed by atoms with E-state index < -0.39 is 12.1 Å². The molecule has 1 heterocycles. The second-order valence-corrected chi connectivity index (χ2v) is 5.90. The summed E-state index contributed by atoms with van der Waals surface area (Å²) < 4.78 is 1.41. The van der Waals surface area contributed by atoms with Gasteiger partial charge in [0.2, 0.25) is 0 Å². The fourth-order valence-corrected chi connectivity index (χ4v) is 3.02. The van der Waals surface area contributed by atoms with Crippen LogP contribution in [0.1, 0.15) is 25.2 Å². The first-order valence-corrected chi connectivity index (χ1v) is 8.16. The van der Waals surface area contributed by atoms with Gasteiger partial charge in [-0.05, 0) is 30.7 Å². The zero-order valence-corrected chi connectivity index (χ0v) is 14.2. The number of amides is 1. The highest BCUT2D eigenvalue weighted by Gasteiger charge is 2.22. The van der Waals surface area contributed by atoms with Crippen LogP contribution in [0.3, 0.4) is 0 Å². The van der Waals surface area contributed by atoms with Crippen LogP contribution in [0.4, 0.5) is 4.79 Å². The highest BCUT2D eigenvalue weighted by Crippen LogP contribution is 2.23. The molecule has 3 rings (SSSR count). The molecule has 0 aliphatic rings. The monoisotopic (exact) mass is 357 g/mol. The van der Waals surface area contributed by atoms with Crippen molar-refractivity contribution in [3.05, 3.63) is 69.7 Å². The van der Waals surface area contributed by atoms with E-state index in [9.17, 15) is 9.59 Å². The van der Waals surface area contributed by atoms with Crippen molar-refractivity contribution in [2.24, 2.45) is 0 Å². The third-order valence-electron chi connectivity index (χ3n) is 3.90. The lowest BCUT2D eigenvalue weighted by molar-refractivity contribution is 0.188. The molecule has 2 N–H and O–H groups in total. The number of nitrogens with zero attached hydrogens (tertiary/aromatic N) is 2. The summed E-state index contributed by atoms with van der Waals surface area (Å²) in [6.07, 6.45) is -0.732. The van der Waals surface area contributed by atoms with Crippen LogP contribution in [0.5, 0.6) is 0 Å². The van der Waals surface area contributed by atoms with Gasteiger partial charge in [0.1, 0.15) is 5.82 Å². The van der Waals surface area contributed by atoms with Gasteiger partial charge in [0.25, 0.3) is 5.56 Å². The van der Waals surface area contributed by atoms with Crippen molar-refractivity contribution in [1.82, 2.24) is 14.9 Å². The number of hydrogen-bond donors (Lipinski definition) is 2. The highest BCUT2D eigenvalue weighted by molar-refractivity contribution is 6.35. The topological polar surface area (TPSA) is 84.2 Å². The van der Waals surface area contributed by atoms with Gasteiger partial charge in [-0.1, -0.05) is 42.8 Å². The van der Waals surface area contributed by atoms with E-state index in [0.29, 0.717) is 33.9 Å². The smallest absolute Gasteiger partial charge is 0.405 e. The Balaban J connectivity index is 2.38. The van der Waals surface area contributed by atoms with E-state index in [1.54, 1.807) is 42.5 Å². The minimum Gasteiger partial charge on any atom is -0.465 e. The van der Waals surface area contributed by atoms with Crippen LogP contribution in [-0.2, 0) is 0 Å². The zero-order valence-electron chi connectivity index (χ0n) is 13.4. The Morgan fingerprint density at radius 2 is 1.96 bits per heavy atom. The molecule has 0 radical (unpaired) electrons. The van der Waals surface area contributed by atoms with E-state index in [1.807, 2.05) is 13.0 Å². The van der Waals surface area contributed by atoms with Gasteiger partial charge in [-0.2, -0.15) is 0 Å². The van der Waals surface area contributed by atoms with Gasteiger partial charge < -0.3 is 10.4 Å². The Kier molecular flexibility index (Phi) is 4.72. The second kappa shape index (κ2) is 6.94. The summed E-state index contributed by atoms with van der Waals surface area (Å²) in [6, 6.07) is 13.4. The molecule has 0 bridgehead atoms. The molecule has 0 aliphatic heterocycles. The first kappa shape index (κ1) is 17.0. The van der Waals surface area contributed by atoms with E-state index >= 15 is 0 Å². The minimum atomic E-state index is -1.17. The standard InChI is InChI=1S/C18H16ClN3O3/c1-2-13(21-18(24)25)16-20-14-10-6-9-12(19)15(14)17(23)22(16)11-7-4-3-5-8-11/h3-10,13,21H,2H2,1H3,(H,24,25). The van der Waals surface area contributed by atoms with Crippen molar-refractivity contribution in [1.29, 1.82) is 0 Å². The third-order valence-corrected chi connectivity index (χ3v) is 4.22. The van der Waals surface area contributed by atoms with Gasteiger partial charge in [-0.25, -0.2) is 9.78 Å². The van der Waals surface area contributed by atoms with Crippen LogP contribution in [0.25, 0.3) is 16.6 Å². The van der Waals surface area contributed by atoms with Crippen molar-refractivity contribution in [3.8, 4) is 5.69 Å². The molecule has 7 heteroatoms. The lowest BCUT2D eigenvalue weighted by Crippen LogP contribution is -2.33. The highest BCUT2D eigenvalue weighted by atomic mass is 35.5. The summed E-state index contributed by atoms with van der Waals surface area (Å²) in [5.41, 5.74) is 0.704. The van der Waals surface area contributed by atoms with Crippen molar-refractivity contribution >= 4 is 28.6 Å². The summed E-state index contributed by atoms with van der Waals surface area (Å²) in [4.78, 5) is 28.8. The first-order chi connectivity index (χ1) is 12.0. The Bertz CT molecular complexity index is 986.